The number of rotatable bonds is 1. The highest BCUT2D eigenvalue weighted by atomic mass is 14.9. The monoisotopic (exact) mass is 186 g/mol. The summed E-state index contributed by atoms with van der Waals surface area (Å²) in [4.78, 5) is 0. The van der Waals surface area contributed by atoms with Crippen LogP contribution in [0.25, 0.3) is 0 Å². The van der Waals surface area contributed by atoms with Crippen molar-refractivity contribution in [3.05, 3.63) is 35.4 Å². The quantitative estimate of drug-likeness (QED) is 0.726. The van der Waals surface area contributed by atoms with Gasteiger partial charge in [0.1, 0.15) is 0 Å². The average molecular weight is 186 g/mol. The Hall–Kier alpha value is -1.33. The van der Waals surface area contributed by atoms with Crippen molar-refractivity contribution in [1.29, 1.82) is 5.26 Å². The Labute approximate surface area is 84.6 Å². The number of hydrogen-bond acceptors (Lipinski definition) is 2. The van der Waals surface area contributed by atoms with Crippen LogP contribution in [0.5, 0.6) is 0 Å². The van der Waals surface area contributed by atoms with Gasteiger partial charge in [-0.15, -0.1) is 0 Å². The molecule has 1 aromatic rings. The second kappa shape index (κ2) is 3.43. The van der Waals surface area contributed by atoms with Crippen LogP contribution in [0, 0.1) is 11.3 Å². The Morgan fingerprint density at radius 3 is 3.00 bits per heavy atom. The fourth-order valence-corrected chi connectivity index (χ4v) is 2.03. The highest BCUT2D eigenvalue weighted by Crippen LogP contribution is 2.30. The van der Waals surface area contributed by atoms with Crippen LogP contribution in [0.1, 0.15) is 24.5 Å². The molecule has 1 atom stereocenters. The first-order valence-electron chi connectivity index (χ1n) is 4.96. The summed E-state index contributed by atoms with van der Waals surface area (Å²) in [6.07, 6.45) is 1.15. The SMILES string of the molecule is CC1(c2cccc(C#N)c2)CCNC1. The summed E-state index contributed by atoms with van der Waals surface area (Å²) in [7, 11) is 0. The average Bonchev–Trinajstić information content (AvgIpc) is 2.67. The van der Waals surface area contributed by atoms with Crippen molar-refractivity contribution in [2.24, 2.45) is 0 Å². The van der Waals surface area contributed by atoms with Crippen molar-refractivity contribution in [2.75, 3.05) is 13.1 Å². The standard InChI is InChI=1S/C12H14N2/c1-12(5-6-14-9-12)11-4-2-3-10(7-11)8-13/h2-4,7,14H,5-6,9H2,1H3. The molecule has 14 heavy (non-hydrogen) atoms. The predicted octanol–water partition coefficient (Wildman–Crippen LogP) is 1.81. The topological polar surface area (TPSA) is 35.8 Å². The van der Waals surface area contributed by atoms with Crippen LogP contribution < -0.4 is 5.32 Å². The molecule has 2 heteroatoms. The van der Waals surface area contributed by atoms with Crippen LogP contribution in [0.3, 0.4) is 0 Å². The van der Waals surface area contributed by atoms with E-state index in [-0.39, 0.29) is 5.41 Å². The minimum atomic E-state index is 0.215. The van der Waals surface area contributed by atoms with E-state index in [0.717, 1.165) is 25.1 Å². The van der Waals surface area contributed by atoms with Gasteiger partial charge in [-0.25, -0.2) is 0 Å². The van der Waals surface area contributed by atoms with Crippen molar-refractivity contribution in [2.45, 2.75) is 18.8 Å². The van der Waals surface area contributed by atoms with E-state index in [2.05, 4.69) is 24.4 Å². The Kier molecular flexibility index (Phi) is 2.26. The summed E-state index contributed by atoms with van der Waals surface area (Å²) in [5.74, 6) is 0. The van der Waals surface area contributed by atoms with Crippen molar-refractivity contribution >= 4 is 0 Å². The van der Waals surface area contributed by atoms with Crippen molar-refractivity contribution < 1.29 is 0 Å². The molecule has 2 nitrogen and oxygen atoms in total. The third-order valence-corrected chi connectivity index (χ3v) is 3.06. The normalized spacial score (nSPS) is 26.0. The minimum Gasteiger partial charge on any atom is -0.316 e. The maximum absolute atomic E-state index is 8.82. The number of benzene rings is 1. The number of nitriles is 1. The van der Waals surface area contributed by atoms with E-state index in [1.807, 2.05) is 18.2 Å². The molecule has 0 radical (unpaired) electrons. The van der Waals surface area contributed by atoms with Crippen LogP contribution >= 0.6 is 0 Å². The molecule has 1 fully saturated rings. The van der Waals surface area contributed by atoms with Crippen LogP contribution in [-0.4, -0.2) is 13.1 Å². The molecule has 1 heterocycles. The van der Waals surface area contributed by atoms with Crippen molar-refractivity contribution in [3.63, 3.8) is 0 Å². The molecule has 0 saturated carbocycles. The highest BCUT2D eigenvalue weighted by molar-refractivity contribution is 5.37. The summed E-state index contributed by atoms with van der Waals surface area (Å²) in [6, 6.07) is 10.1. The van der Waals surface area contributed by atoms with Gasteiger partial charge >= 0.3 is 0 Å². The molecule has 0 amide bonds. The molecule has 72 valence electrons. The summed E-state index contributed by atoms with van der Waals surface area (Å²) in [6.45, 7) is 4.35. The van der Waals surface area contributed by atoms with Gasteiger partial charge in [0.25, 0.3) is 0 Å². The van der Waals surface area contributed by atoms with Gasteiger partial charge in [0.15, 0.2) is 0 Å². The Bertz CT molecular complexity index is 370. The maximum atomic E-state index is 8.82. The smallest absolute Gasteiger partial charge is 0.0991 e. The molecule has 1 aromatic carbocycles. The van der Waals surface area contributed by atoms with E-state index >= 15 is 0 Å². The molecule has 1 N–H and O–H groups in total. The van der Waals surface area contributed by atoms with Crippen LogP contribution in [0.2, 0.25) is 0 Å². The molecule has 0 aromatic heterocycles. The van der Waals surface area contributed by atoms with E-state index in [0.29, 0.717) is 0 Å². The van der Waals surface area contributed by atoms with E-state index in [9.17, 15) is 0 Å². The lowest BCUT2D eigenvalue weighted by Gasteiger charge is -2.23. The molecule has 1 aliphatic rings. The van der Waals surface area contributed by atoms with E-state index in [1.165, 1.54) is 5.56 Å². The molecule has 2 rings (SSSR count). The summed E-state index contributed by atoms with van der Waals surface area (Å²) < 4.78 is 0. The second-order valence-electron chi connectivity index (χ2n) is 4.18. The second-order valence-corrected chi connectivity index (χ2v) is 4.18. The zero-order chi connectivity index (χ0) is 10.0. The van der Waals surface area contributed by atoms with Gasteiger partial charge in [0.2, 0.25) is 0 Å². The molecule has 1 unspecified atom stereocenters. The van der Waals surface area contributed by atoms with Gasteiger partial charge in [-0.1, -0.05) is 19.1 Å². The van der Waals surface area contributed by atoms with E-state index in [4.69, 9.17) is 5.26 Å². The van der Waals surface area contributed by atoms with Crippen LogP contribution in [0.4, 0.5) is 0 Å². The first kappa shape index (κ1) is 9.23. The lowest BCUT2D eigenvalue weighted by molar-refractivity contribution is 0.525. The van der Waals surface area contributed by atoms with Crippen LogP contribution in [0.15, 0.2) is 24.3 Å². The first-order valence-corrected chi connectivity index (χ1v) is 4.96. The van der Waals surface area contributed by atoms with Gasteiger partial charge in [-0.2, -0.15) is 5.26 Å². The summed E-state index contributed by atoms with van der Waals surface area (Å²) >= 11 is 0. The fraction of sp³-hybridized carbons (Fsp3) is 0.417. The predicted molar refractivity (Wildman–Crippen MR) is 56.0 cm³/mol. The molecule has 0 spiro atoms. The molecular formula is C12H14N2. The number of hydrogen-bond donors (Lipinski definition) is 1. The number of nitrogens with zero attached hydrogens (tertiary/aromatic N) is 1. The Balaban J connectivity index is 2.36. The summed E-state index contributed by atoms with van der Waals surface area (Å²) in [5.41, 5.74) is 2.25. The zero-order valence-corrected chi connectivity index (χ0v) is 8.38. The molecule has 1 saturated heterocycles. The van der Waals surface area contributed by atoms with Gasteiger partial charge in [0, 0.05) is 12.0 Å². The third kappa shape index (κ3) is 1.51. The zero-order valence-electron chi connectivity index (χ0n) is 8.38. The molecule has 0 aliphatic carbocycles. The van der Waals surface area contributed by atoms with Gasteiger partial charge in [0.05, 0.1) is 11.6 Å². The van der Waals surface area contributed by atoms with E-state index in [1.54, 1.807) is 0 Å². The molecule has 1 aliphatic heterocycles. The number of nitrogens with one attached hydrogen (secondary N) is 1. The molecular weight excluding hydrogens is 172 g/mol. The van der Waals surface area contributed by atoms with Crippen molar-refractivity contribution in [1.82, 2.24) is 5.32 Å². The maximum Gasteiger partial charge on any atom is 0.0991 e. The highest BCUT2D eigenvalue weighted by Gasteiger charge is 2.30. The van der Waals surface area contributed by atoms with Gasteiger partial charge < -0.3 is 5.32 Å². The Morgan fingerprint density at radius 2 is 2.36 bits per heavy atom. The molecule has 0 bridgehead atoms. The lowest BCUT2D eigenvalue weighted by Crippen LogP contribution is -2.24. The van der Waals surface area contributed by atoms with E-state index < -0.39 is 0 Å². The minimum absolute atomic E-state index is 0.215. The largest absolute Gasteiger partial charge is 0.316 e. The van der Waals surface area contributed by atoms with Crippen LogP contribution in [-0.2, 0) is 5.41 Å². The van der Waals surface area contributed by atoms with Gasteiger partial charge in [-0.05, 0) is 30.7 Å². The first-order chi connectivity index (χ1) is 6.74. The van der Waals surface area contributed by atoms with Crippen molar-refractivity contribution in [3.8, 4) is 6.07 Å². The fourth-order valence-electron chi connectivity index (χ4n) is 2.03. The van der Waals surface area contributed by atoms with Gasteiger partial charge in [-0.3, -0.25) is 0 Å². The Morgan fingerprint density at radius 1 is 1.50 bits per heavy atom. The summed E-state index contributed by atoms with van der Waals surface area (Å²) in [5, 5.41) is 12.2. The lowest BCUT2D eigenvalue weighted by atomic mass is 9.81. The third-order valence-electron chi connectivity index (χ3n) is 3.06.